The number of hydrogen-bond acceptors (Lipinski definition) is 8. The zero-order valence-electron chi connectivity index (χ0n) is 15.4. The van der Waals surface area contributed by atoms with Gasteiger partial charge in [-0.2, -0.15) is 25.3 Å². The first-order chi connectivity index (χ1) is 13.7. The van der Waals surface area contributed by atoms with Gasteiger partial charge in [0.25, 0.3) is 0 Å². The van der Waals surface area contributed by atoms with E-state index in [-0.39, 0.29) is 23.7 Å². The number of benzene rings is 1. The molecule has 0 aliphatic carbocycles. The third-order valence-corrected chi connectivity index (χ3v) is 4.54. The van der Waals surface area contributed by atoms with Crippen LogP contribution in [0.1, 0.15) is 5.56 Å². The summed E-state index contributed by atoms with van der Waals surface area (Å²) >= 11 is 7.88. The number of aliphatic carboxylic acids is 1. The van der Waals surface area contributed by atoms with Gasteiger partial charge in [-0.05, 0) is 17.7 Å². The van der Waals surface area contributed by atoms with E-state index in [1.807, 2.05) is 0 Å². The molecule has 0 heterocycles. The Kier molecular flexibility index (Phi) is 10.3. The second-order valence-corrected chi connectivity index (χ2v) is 6.81. The lowest BCUT2D eigenvalue weighted by molar-refractivity contribution is -0.141. The van der Waals surface area contributed by atoms with Gasteiger partial charge in [-0.3, -0.25) is 14.4 Å². The predicted octanol–water partition coefficient (Wildman–Crippen LogP) is -1.71. The van der Waals surface area contributed by atoms with Crippen LogP contribution in [0.3, 0.4) is 0 Å². The first-order valence-corrected chi connectivity index (χ1v) is 9.79. The highest BCUT2D eigenvalue weighted by Gasteiger charge is 2.24. The van der Waals surface area contributed by atoms with Gasteiger partial charge in [0, 0.05) is 17.9 Å². The van der Waals surface area contributed by atoms with Gasteiger partial charge < -0.3 is 31.9 Å². The van der Waals surface area contributed by atoms with Crippen molar-refractivity contribution in [2.24, 2.45) is 5.73 Å². The quantitative estimate of drug-likeness (QED) is 0.188. The predicted molar refractivity (Wildman–Crippen MR) is 112 cm³/mol. The molecule has 12 heteroatoms. The van der Waals surface area contributed by atoms with E-state index in [9.17, 15) is 29.4 Å². The van der Waals surface area contributed by atoms with Crippen LogP contribution in [-0.4, -0.2) is 70.1 Å². The number of nitrogens with two attached hydrogens (primary N) is 1. The van der Waals surface area contributed by atoms with Crippen LogP contribution in [0.15, 0.2) is 24.3 Å². The van der Waals surface area contributed by atoms with E-state index in [1.54, 1.807) is 0 Å². The van der Waals surface area contributed by atoms with Crippen molar-refractivity contribution in [2.75, 3.05) is 18.1 Å². The molecular weight excluding hydrogens is 420 g/mol. The number of thiol groups is 2. The highest BCUT2D eigenvalue weighted by Crippen LogP contribution is 2.11. The number of phenolic OH excluding ortho intramolecular Hbond substituents is 1. The van der Waals surface area contributed by atoms with Gasteiger partial charge in [-0.15, -0.1) is 0 Å². The van der Waals surface area contributed by atoms with Crippen molar-refractivity contribution in [1.82, 2.24) is 16.0 Å². The van der Waals surface area contributed by atoms with Gasteiger partial charge in [0.15, 0.2) is 0 Å². The molecule has 0 fully saturated rings. The molecule has 29 heavy (non-hydrogen) atoms. The van der Waals surface area contributed by atoms with Crippen LogP contribution in [0.25, 0.3) is 0 Å². The number of carboxylic acids is 1. The largest absolute Gasteiger partial charge is 0.508 e. The van der Waals surface area contributed by atoms with Crippen molar-refractivity contribution in [3.63, 3.8) is 0 Å². The van der Waals surface area contributed by atoms with Crippen molar-refractivity contribution in [3.8, 4) is 5.75 Å². The SMILES string of the molecule is NC(CS)C(=O)NC(CS)C(=O)NCC(=O)NC(Cc1ccc(O)cc1)C(=O)O. The fraction of sp³-hybridized carbons (Fsp3) is 0.412. The first-order valence-electron chi connectivity index (χ1n) is 8.53. The molecular formula is C17H24N4O6S2. The molecule has 0 radical (unpaired) electrons. The molecule has 3 atom stereocenters. The minimum Gasteiger partial charge on any atom is -0.508 e. The second-order valence-electron chi connectivity index (χ2n) is 6.08. The van der Waals surface area contributed by atoms with Crippen LogP contribution in [-0.2, 0) is 25.6 Å². The Labute approximate surface area is 178 Å². The molecule has 0 aromatic heterocycles. The molecule has 0 bridgehead atoms. The Morgan fingerprint density at radius 3 is 2.10 bits per heavy atom. The fourth-order valence-electron chi connectivity index (χ4n) is 2.16. The Hall–Kier alpha value is -2.44. The molecule has 3 amide bonds. The normalized spacial score (nSPS) is 13.6. The molecule has 0 spiro atoms. The molecule has 1 aromatic rings. The van der Waals surface area contributed by atoms with Crippen LogP contribution in [0, 0.1) is 0 Å². The highest BCUT2D eigenvalue weighted by atomic mass is 32.1. The molecule has 0 saturated heterocycles. The minimum atomic E-state index is -1.25. The van der Waals surface area contributed by atoms with Gasteiger partial charge in [-0.1, -0.05) is 12.1 Å². The lowest BCUT2D eigenvalue weighted by Gasteiger charge is -2.19. The third-order valence-electron chi connectivity index (χ3n) is 3.78. The van der Waals surface area contributed by atoms with Crippen molar-refractivity contribution in [2.45, 2.75) is 24.5 Å². The number of rotatable bonds is 11. The lowest BCUT2D eigenvalue weighted by atomic mass is 10.1. The van der Waals surface area contributed by atoms with E-state index >= 15 is 0 Å². The summed E-state index contributed by atoms with van der Waals surface area (Å²) in [5.41, 5.74) is 6.11. The Bertz CT molecular complexity index is 731. The highest BCUT2D eigenvalue weighted by molar-refractivity contribution is 7.80. The number of carbonyl (C=O) groups excluding carboxylic acids is 3. The van der Waals surface area contributed by atoms with Gasteiger partial charge in [0.1, 0.15) is 17.8 Å². The maximum Gasteiger partial charge on any atom is 0.326 e. The zero-order valence-corrected chi connectivity index (χ0v) is 17.2. The molecule has 7 N–H and O–H groups in total. The van der Waals surface area contributed by atoms with Crippen molar-refractivity contribution in [3.05, 3.63) is 29.8 Å². The van der Waals surface area contributed by atoms with E-state index in [0.29, 0.717) is 5.56 Å². The average molecular weight is 445 g/mol. The second kappa shape index (κ2) is 12.2. The van der Waals surface area contributed by atoms with Crippen molar-refractivity contribution < 1.29 is 29.4 Å². The van der Waals surface area contributed by atoms with Crippen LogP contribution >= 0.6 is 25.3 Å². The molecule has 1 rings (SSSR count). The summed E-state index contributed by atoms with van der Waals surface area (Å²) < 4.78 is 0. The van der Waals surface area contributed by atoms with Crippen molar-refractivity contribution in [1.29, 1.82) is 0 Å². The Morgan fingerprint density at radius 1 is 0.966 bits per heavy atom. The van der Waals surface area contributed by atoms with E-state index in [0.717, 1.165) is 0 Å². The molecule has 0 aliphatic rings. The zero-order chi connectivity index (χ0) is 22.0. The summed E-state index contributed by atoms with van der Waals surface area (Å²) in [6.07, 6.45) is -0.00770. The third kappa shape index (κ3) is 8.62. The summed E-state index contributed by atoms with van der Waals surface area (Å²) in [6.45, 7) is -0.489. The number of carbonyl (C=O) groups is 4. The van der Waals surface area contributed by atoms with Crippen LogP contribution in [0.4, 0.5) is 0 Å². The number of aromatic hydroxyl groups is 1. The Balaban J connectivity index is 2.57. The number of hydrogen-bond donors (Lipinski definition) is 8. The van der Waals surface area contributed by atoms with Gasteiger partial charge in [0.2, 0.25) is 17.7 Å². The average Bonchev–Trinajstić information content (AvgIpc) is 2.70. The maximum absolute atomic E-state index is 12.1. The van der Waals surface area contributed by atoms with E-state index in [2.05, 4.69) is 41.2 Å². The van der Waals surface area contributed by atoms with E-state index in [1.165, 1.54) is 24.3 Å². The summed E-state index contributed by atoms with van der Waals surface area (Å²) in [4.78, 5) is 47.3. The molecule has 160 valence electrons. The number of carboxylic acid groups (broad SMARTS) is 1. The molecule has 0 saturated carbocycles. The minimum absolute atomic E-state index is 0.00770. The van der Waals surface area contributed by atoms with Crippen LogP contribution < -0.4 is 21.7 Å². The monoisotopic (exact) mass is 444 g/mol. The number of nitrogens with one attached hydrogen (secondary N) is 3. The van der Waals surface area contributed by atoms with E-state index < -0.39 is 48.4 Å². The Morgan fingerprint density at radius 2 is 1.59 bits per heavy atom. The van der Waals surface area contributed by atoms with Gasteiger partial charge in [-0.25, -0.2) is 4.79 Å². The first kappa shape index (κ1) is 24.6. The van der Waals surface area contributed by atoms with Crippen molar-refractivity contribution >= 4 is 48.9 Å². The van der Waals surface area contributed by atoms with E-state index in [4.69, 9.17) is 5.73 Å². The van der Waals surface area contributed by atoms with Gasteiger partial charge in [0.05, 0.1) is 12.6 Å². The maximum atomic E-state index is 12.1. The number of amides is 3. The topological polar surface area (TPSA) is 171 Å². The molecule has 10 nitrogen and oxygen atoms in total. The number of phenols is 1. The summed E-state index contributed by atoms with van der Waals surface area (Å²) in [7, 11) is 0. The standard InChI is InChI=1S/C17H24N4O6S2/c18-11(7-28)15(24)21-13(8-29)16(25)19-6-14(23)20-12(17(26)27)5-9-1-3-10(22)4-2-9/h1-4,11-13,22,28-29H,5-8,18H2,(H,19,25)(H,20,23)(H,21,24)(H,26,27). The summed E-state index contributed by atoms with van der Waals surface area (Å²) in [5.74, 6) is -3.13. The lowest BCUT2D eigenvalue weighted by Crippen LogP contribution is -2.54. The molecule has 3 unspecified atom stereocenters. The summed E-state index contributed by atoms with van der Waals surface area (Å²) in [5, 5.41) is 25.6. The molecule has 1 aromatic carbocycles. The summed E-state index contributed by atoms with van der Waals surface area (Å²) in [6, 6.07) is 2.75. The van der Waals surface area contributed by atoms with Crippen LogP contribution in [0.5, 0.6) is 5.75 Å². The molecule has 0 aliphatic heterocycles. The fourth-order valence-corrected chi connectivity index (χ4v) is 2.58. The van der Waals surface area contributed by atoms with Crippen LogP contribution in [0.2, 0.25) is 0 Å². The van der Waals surface area contributed by atoms with Gasteiger partial charge >= 0.3 is 5.97 Å². The smallest absolute Gasteiger partial charge is 0.326 e.